The number of hydrogen-bond acceptors (Lipinski definition) is 6. The molecule has 1 N–H and O–H groups in total. The monoisotopic (exact) mass is 516 g/mol. The quantitative estimate of drug-likeness (QED) is 0.381. The first kappa shape index (κ1) is 27.1. The number of nitro groups is 1. The lowest BCUT2D eigenvalue weighted by Gasteiger charge is -2.32. The van der Waals surface area contributed by atoms with Gasteiger partial charge < -0.3 is 10.2 Å². The molecule has 1 fully saturated rings. The van der Waals surface area contributed by atoms with Gasteiger partial charge in [-0.25, -0.2) is 8.42 Å². The number of carbonyl (C=O) groups excluding carboxylic acids is 2. The number of hydrogen-bond donors (Lipinski definition) is 1. The minimum absolute atomic E-state index is 0.00128. The van der Waals surface area contributed by atoms with E-state index >= 15 is 0 Å². The predicted molar refractivity (Wildman–Crippen MR) is 137 cm³/mol. The van der Waals surface area contributed by atoms with Crippen LogP contribution in [0.2, 0.25) is 0 Å². The average molecular weight is 517 g/mol. The molecule has 194 valence electrons. The summed E-state index contributed by atoms with van der Waals surface area (Å²) in [5.41, 5.74) is 1.48. The predicted octanol–water partition coefficient (Wildman–Crippen LogP) is 3.15. The molecule has 1 saturated carbocycles. The van der Waals surface area contributed by atoms with Gasteiger partial charge in [-0.15, -0.1) is 0 Å². The molecule has 36 heavy (non-hydrogen) atoms. The maximum Gasteiger partial charge on any atom is 0.271 e. The van der Waals surface area contributed by atoms with E-state index in [9.17, 15) is 28.1 Å². The number of sulfonamides is 1. The number of benzene rings is 2. The van der Waals surface area contributed by atoms with Crippen LogP contribution in [0.4, 0.5) is 11.4 Å². The van der Waals surface area contributed by atoms with E-state index in [1.807, 2.05) is 31.2 Å². The number of non-ortho nitro benzene ring substituents is 1. The summed E-state index contributed by atoms with van der Waals surface area (Å²) in [5, 5.41) is 14.2. The Balaban J connectivity index is 1.90. The van der Waals surface area contributed by atoms with E-state index in [-0.39, 0.29) is 29.9 Å². The molecule has 0 aliphatic heterocycles. The molecule has 1 aliphatic rings. The highest BCUT2D eigenvalue weighted by molar-refractivity contribution is 7.92. The highest BCUT2D eigenvalue weighted by atomic mass is 32.2. The highest BCUT2D eigenvalue weighted by Gasteiger charge is 2.31. The fraction of sp³-hybridized carbons (Fsp3) is 0.440. The van der Waals surface area contributed by atoms with Crippen molar-refractivity contribution in [1.82, 2.24) is 10.2 Å². The van der Waals surface area contributed by atoms with E-state index in [2.05, 4.69) is 5.32 Å². The van der Waals surface area contributed by atoms with Gasteiger partial charge in [0, 0.05) is 24.7 Å². The molecule has 0 radical (unpaired) electrons. The fourth-order valence-corrected chi connectivity index (χ4v) is 5.20. The van der Waals surface area contributed by atoms with E-state index in [4.69, 9.17) is 0 Å². The Morgan fingerprint density at radius 2 is 1.81 bits per heavy atom. The third-order valence-electron chi connectivity index (χ3n) is 6.31. The number of aryl methyl sites for hydroxylation is 1. The number of anilines is 1. The summed E-state index contributed by atoms with van der Waals surface area (Å²) in [6.07, 6.45) is 4.79. The van der Waals surface area contributed by atoms with Crippen LogP contribution >= 0.6 is 0 Å². The van der Waals surface area contributed by atoms with E-state index in [1.54, 1.807) is 6.92 Å². The van der Waals surface area contributed by atoms with Crippen LogP contribution in [0.3, 0.4) is 0 Å². The summed E-state index contributed by atoms with van der Waals surface area (Å²) in [6.45, 7) is 3.04. The third kappa shape index (κ3) is 7.03. The van der Waals surface area contributed by atoms with Crippen molar-refractivity contribution in [2.45, 2.75) is 58.2 Å². The zero-order valence-electron chi connectivity index (χ0n) is 20.7. The van der Waals surface area contributed by atoms with Gasteiger partial charge in [0.1, 0.15) is 12.6 Å². The first-order chi connectivity index (χ1) is 17.0. The molecule has 1 unspecified atom stereocenters. The topological polar surface area (TPSA) is 130 Å². The Labute approximate surface area is 211 Å². The summed E-state index contributed by atoms with van der Waals surface area (Å²) in [7, 11) is -3.97. The molecule has 0 saturated heterocycles. The van der Waals surface area contributed by atoms with E-state index in [1.165, 1.54) is 23.1 Å². The second-order valence-electron chi connectivity index (χ2n) is 9.22. The number of amides is 2. The molecule has 2 aromatic rings. The van der Waals surface area contributed by atoms with Gasteiger partial charge in [-0.2, -0.15) is 0 Å². The number of rotatable bonds is 10. The molecule has 1 atom stereocenters. The minimum atomic E-state index is -3.97. The largest absolute Gasteiger partial charge is 0.352 e. The van der Waals surface area contributed by atoms with Crippen molar-refractivity contribution >= 4 is 33.2 Å². The van der Waals surface area contributed by atoms with Gasteiger partial charge in [0.05, 0.1) is 16.9 Å². The third-order valence-corrected chi connectivity index (χ3v) is 7.45. The minimum Gasteiger partial charge on any atom is -0.352 e. The van der Waals surface area contributed by atoms with Crippen LogP contribution in [0.25, 0.3) is 0 Å². The fourth-order valence-electron chi connectivity index (χ4n) is 4.36. The summed E-state index contributed by atoms with van der Waals surface area (Å²) in [4.78, 5) is 38.6. The summed E-state index contributed by atoms with van der Waals surface area (Å²) >= 11 is 0. The zero-order chi connectivity index (χ0) is 26.5. The molecule has 2 amide bonds. The summed E-state index contributed by atoms with van der Waals surface area (Å²) in [5.74, 6) is -0.897. The molecular weight excluding hydrogens is 484 g/mol. The van der Waals surface area contributed by atoms with Crippen LogP contribution in [0.5, 0.6) is 0 Å². The molecule has 1 aliphatic carbocycles. The molecule has 2 aromatic carbocycles. The lowest BCUT2D eigenvalue weighted by molar-refractivity contribution is -0.384. The Hall–Kier alpha value is -3.47. The van der Waals surface area contributed by atoms with Crippen LogP contribution in [-0.4, -0.2) is 54.9 Å². The molecule has 10 nitrogen and oxygen atoms in total. The van der Waals surface area contributed by atoms with Crippen molar-refractivity contribution < 1.29 is 22.9 Å². The van der Waals surface area contributed by atoms with Gasteiger partial charge >= 0.3 is 0 Å². The van der Waals surface area contributed by atoms with E-state index in [0.717, 1.165) is 53.4 Å². The van der Waals surface area contributed by atoms with Crippen molar-refractivity contribution in [1.29, 1.82) is 0 Å². The lowest BCUT2D eigenvalue weighted by Crippen LogP contribution is -2.52. The summed E-state index contributed by atoms with van der Waals surface area (Å²) < 4.78 is 26.1. The SMILES string of the molecule is Cc1cccc(CN(C(=O)CN(c2cccc([N+](=O)[O-])c2)S(C)(=O)=O)C(C)C(=O)NC2CCCC2)c1. The van der Waals surface area contributed by atoms with Crippen LogP contribution < -0.4 is 9.62 Å². The average Bonchev–Trinajstić information content (AvgIpc) is 3.32. The first-order valence-electron chi connectivity index (χ1n) is 11.8. The van der Waals surface area contributed by atoms with Gasteiger partial charge in [0.25, 0.3) is 5.69 Å². The maximum absolute atomic E-state index is 13.6. The molecule has 11 heteroatoms. The highest BCUT2D eigenvalue weighted by Crippen LogP contribution is 2.24. The zero-order valence-corrected chi connectivity index (χ0v) is 21.5. The summed E-state index contributed by atoms with van der Waals surface area (Å²) in [6, 6.07) is 11.8. The normalized spacial score (nSPS) is 14.8. The van der Waals surface area contributed by atoms with Crippen molar-refractivity contribution in [3.63, 3.8) is 0 Å². The maximum atomic E-state index is 13.6. The van der Waals surface area contributed by atoms with Gasteiger partial charge in [-0.3, -0.25) is 24.0 Å². The Bertz CT molecular complexity index is 1230. The van der Waals surface area contributed by atoms with Crippen molar-refractivity contribution in [3.8, 4) is 0 Å². The van der Waals surface area contributed by atoms with Gasteiger partial charge in [0.2, 0.25) is 21.8 Å². The van der Waals surface area contributed by atoms with Crippen LogP contribution in [0.15, 0.2) is 48.5 Å². The number of nitro benzene ring substituents is 1. The van der Waals surface area contributed by atoms with Gasteiger partial charge in [-0.05, 0) is 38.3 Å². The Morgan fingerprint density at radius 3 is 2.42 bits per heavy atom. The lowest BCUT2D eigenvalue weighted by atomic mass is 10.1. The standard InChI is InChI=1S/C25H32N4O6S/c1-18-8-6-9-20(14-18)16-27(19(2)25(31)26-21-10-4-5-11-21)24(30)17-28(36(3,34)35)22-12-7-13-23(15-22)29(32)33/h6-9,12-15,19,21H,4-5,10-11,16-17H2,1-3H3,(H,26,31). The molecule has 0 spiro atoms. The molecular formula is C25H32N4O6S. The van der Waals surface area contributed by atoms with Crippen molar-refractivity contribution in [3.05, 3.63) is 69.8 Å². The molecule has 0 bridgehead atoms. The molecule has 0 heterocycles. The Morgan fingerprint density at radius 1 is 1.14 bits per heavy atom. The van der Waals surface area contributed by atoms with Crippen molar-refractivity contribution in [2.24, 2.45) is 0 Å². The second kappa shape index (κ2) is 11.5. The van der Waals surface area contributed by atoms with Crippen LogP contribution in [0.1, 0.15) is 43.7 Å². The molecule has 0 aromatic heterocycles. The van der Waals surface area contributed by atoms with Crippen LogP contribution in [0, 0.1) is 17.0 Å². The van der Waals surface area contributed by atoms with Crippen LogP contribution in [-0.2, 0) is 26.2 Å². The molecule has 3 rings (SSSR count). The van der Waals surface area contributed by atoms with Gasteiger partial charge in [-0.1, -0.05) is 48.7 Å². The Kier molecular flexibility index (Phi) is 8.67. The van der Waals surface area contributed by atoms with Gasteiger partial charge in [0.15, 0.2) is 0 Å². The second-order valence-corrected chi connectivity index (χ2v) is 11.1. The smallest absolute Gasteiger partial charge is 0.271 e. The number of carbonyl (C=O) groups is 2. The van der Waals surface area contributed by atoms with Crippen molar-refractivity contribution in [2.75, 3.05) is 17.1 Å². The van der Waals surface area contributed by atoms with E-state index < -0.39 is 33.4 Å². The first-order valence-corrected chi connectivity index (χ1v) is 13.7. The number of nitrogens with zero attached hydrogens (tertiary/aromatic N) is 3. The van der Waals surface area contributed by atoms with E-state index in [0.29, 0.717) is 0 Å². The number of nitrogens with one attached hydrogen (secondary N) is 1.